The zero-order valence-electron chi connectivity index (χ0n) is 11.7. The van der Waals surface area contributed by atoms with E-state index in [2.05, 4.69) is 21.0 Å². The Bertz CT molecular complexity index is 539. The Hall–Kier alpha value is -1.46. The van der Waals surface area contributed by atoms with Crippen molar-refractivity contribution in [1.82, 2.24) is 14.9 Å². The molecule has 1 atom stereocenters. The van der Waals surface area contributed by atoms with E-state index in [1.165, 1.54) is 11.5 Å². The summed E-state index contributed by atoms with van der Waals surface area (Å²) in [5, 5.41) is 7.41. The molecular weight excluding hydrogens is 258 g/mol. The second-order valence-electron chi connectivity index (χ2n) is 4.65. The molecule has 1 heterocycles. The Morgan fingerprint density at radius 2 is 2.00 bits per heavy atom. The van der Waals surface area contributed by atoms with Crippen LogP contribution < -0.4 is 10.1 Å². The van der Waals surface area contributed by atoms with Crippen LogP contribution in [0.15, 0.2) is 24.3 Å². The Kier molecular flexibility index (Phi) is 4.50. The Balaban J connectivity index is 2.41. The SMILES string of the molecule is CNC(c1ccccc1OC(C)C)c1snnc1C. The number of hydrogen-bond donors (Lipinski definition) is 1. The van der Waals surface area contributed by atoms with Gasteiger partial charge in [-0.1, -0.05) is 22.7 Å². The molecule has 0 saturated carbocycles. The van der Waals surface area contributed by atoms with Crippen LogP contribution in [0, 0.1) is 6.92 Å². The van der Waals surface area contributed by atoms with E-state index in [1.54, 1.807) is 0 Å². The third-order valence-electron chi connectivity index (χ3n) is 2.83. The molecule has 2 aromatic rings. The van der Waals surface area contributed by atoms with E-state index in [1.807, 2.05) is 46.0 Å². The van der Waals surface area contributed by atoms with Gasteiger partial charge in [-0.25, -0.2) is 0 Å². The predicted molar refractivity (Wildman–Crippen MR) is 77.8 cm³/mol. The predicted octanol–water partition coefficient (Wildman–Crippen LogP) is 2.94. The fourth-order valence-corrected chi connectivity index (χ4v) is 2.79. The van der Waals surface area contributed by atoms with Crippen molar-refractivity contribution in [2.75, 3.05) is 7.05 Å². The van der Waals surface area contributed by atoms with Crippen molar-refractivity contribution in [2.24, 2.45) is 0 Å². The van der Waals surface area contributed by atoms with Crippen LogP contribution in [0.25, 0.3) is 0 Å². The summed E-state index contributed by atoms with van der Waals surface area (Å²) in [5.74, 6) is 0.907. The van der Waals surface area contributed by atoms with Gasteiger partial charge in [0.05, 0.1) is 22.7 Å². The average Bonchev–Trinajstić information content (AvgIpc) is 2.78. The summed E-state index contributed by atoms with van der Waals surface area (Å²) in [7, 11) is 1.94. The van der Waals surface area contributed by atoms with Crippen LogP contribution in [0.2, 0.25) is 0 Å². The molecule has 0 spiro atoms. The van der Waals surface area contributed by atoms with E-state index in [4.69, 9.17) is 4.74 Å². The van der Waals surface area contributed by atoms with Crippen molar-refractivity contribution in [3.8, 4) is 5.75 Å². The first-order chi connectivity index (χ1) is 9.13. The largest absolute Gasteiger partial charge is 0.491 e. The van der Waals surface area contributed by atoms with Gasteiger partial charge in [0.15, 0.2) is 0 Å². The maximum absolute atomic E-state index is 5.89. The van der Waals surface area contributed by atoms with Crippen molar-refractivity contribution in [3.63, 3.8) is 0 Å². The molecule has 4 nitrogen and oxygen atoms in total. The van der Waals surface area contributed by atoms with E-state index < -0.39 is 0 Å². The van der Waals surface area contributed by atoms with Crippen LogP contribution in [-0.4, -0.2) is 22.7 Å². The highest BCUT2D eigenvalue weighted by molar-refractivity contribution is 7.05. The van der Waals surface area contributed by atoms with Gasteiger partial charge in [-0.2, -0.15) is 0 Å². The first-order valence-corrected chi connectivity index (χ1v) is 7.12. The fraction of sp³-hybridized carbons (Fsp3) is 0.429. The van der Waals surface area contributed by atoms with Gasteiger partial charge in [-0.3, -0.25) is 0 Å². The molecule has 1 N–H and O–H groups in total. The minimum Gasteiger partial charge on any atom is -0.491 e. The number of aromatic nitrogens is 2. The van der Waals surface area contributed by atoms with Crippen molar-refractivity contribution < 1.29 is 4.74 Å². The molecule has 0 fully saturated rings. The summed E-state index contributed by atoms with van der Waals surface area (Å²) in [6.45, 7) is 6.05. The highest BCUT2D eigenvalue weighted by Crippen LogP contribution is 2.32. The third kappa shape index (κ3) is 3.11. The quantitative estimate of drug-likeness (QED) is 0.913. The lowest BCUT2D eigenvalue weighted by molar-refractivity contribution is 0.239. The van der Waals surface area contributed by atoms with Gasteiger partial charge < -0.3 is 10.1 Å². The normalized spacial score (nSPS) is 12.7. The smallest absolute Gasteiger partial charge is 0.124 e. The van der Waals surface area contributed by atoms with E-state index in [-0.39, 0.29) is 12.1 Å². The second-order valence-corrected chi connectivity index (χ2v) is 5.43. The van der Waals surface area contributed by atoms with Crippen molar-refractivity contribution in [2.45, 2.75) is 32.9 Å². The second kappa shape index (κ2) is 6.12. The number of nitrogens with zero attached hydrogens (tertiary/aromatic N) is 2. The highest BCUT2D eigenvalue weighted by atomic mass is 32.1. The zero-order valence-corrected chi connectivity index (χ0v) is 12.5. The molecule has 1 aromatic heterocycles. The first kappa shape index (κ1) is 14.0. The molecule has 2 rings (SSSR count). The molecular formula is C14H19N3OS. The molecule has 0 amide bonds. The zero-order chi connectivity index (χ0) is 13.8. The van der Waals surface area contributed by atoms with Crippen LogP contribution in [0.1, 0.15) is 36.0 Å². The lowest BCUT2D eigenvalue weighted by Gasteiger charge is -2.20. The number of ether oxygens (including phenoxy) is 1. The van der Waals surface area contributed by atoms with E-state index in [9.17, 15) is 0 Å². The molecule has 0 bridgehead atoms. The Morgan fingerprint density at radius 3 is 2.58 bits per heavy atom. The number of aryl methyl sites for hydroxylation is 1. The van der Waals surface area contributed by atoms with Crippen molar-refractivity contribution >= 4 is 11.5 Å². The van der Waals surface area contributed by atoms with Gasteiger partial charge >= 0.3 is 0 Å². The first-order valence-electron chi connectivity index (χ1n) is 6.35. The summed E-state index contributed by atoms with van der Waals surface area (Å²) < 4.78 is 9.91. The van der Waals surface area contributed by atoms with E-state index in [0.29, 0.717) is 0 Å². The Labute approximate surface area is 118 Å². The number of benzene rings is 1. The summed E-state index contributed by atoms with van der Waals surface area (Å²) in [4.78, 5) is 1.13. The molecule has 5 heteroatoms. The molecule has 19 heavy (non-hydrogen) atoms. The standard InChI is InChI=1S/C14H19N3OS/c1-9(2)18-12-8-6-5-7-11(12)13(15-4)14-10(3)16-17-19-14/h5-9,13,15H,1-4H3. The van der Waals surface area contributed by atoms with Crippen LogP contribution in [0.3, 0.4) is 0 Å². The maximum Gasteiger partial charge on any atom is 0.124 e. The minimum absolute atomic E-state index is 0.0648. The average molecular weight is 277 g/mol. The number of nitrogens with one attached hydrogen (secondary N) is 1. The Morgan fingerprint density at radius 1 is 1.26 bits per heavy atom. The fourth-order valence-electron chi connectivity index (χ4n) is 2.01. The van der Waals surface area contributed by atoms with E-state index in [0.717, 1.165) is 21.9 Å². The van der Waals surface area contributed by atoms with Gasteiger partial charge in [0.25, 0.3) is 0 Å². The molecule has 0 aliphatic carbocycles. The van der Waals surface area contributed by atoms with Crippen molar-refractivity contribution in [3.05, 3.63) is 40.4 Å². The van der Waals surface area contributed by atoms with Crippen molar-refractivity contribution in [1.29, 1.82) is 0 Å². The van der Waals surface area contributed by atoms with Crippen LogP contribution in [0.4, 0.5) is 0 Å². The highest BCUT2D eigenvalue weighted by Gasteiger charge is 2.21. The molecule has 102 valence electrons. The monoisotopic (exact) mass is 277 g/mol. The third-order valence-corrected chi connectivity index (χ3v) is 3.72. The molecule has 0 saturated heterocycles. The summed E-state index contributed by atoms with van der Waals surface area (Å²) in [6.07, 6.45) is 0.152. The van der Waals surface area contributed by atoms with Gasteiger partial charge in [-0.15, -0.1) is 5.10 Å². The van der Waals surface area contributed by atoms with Crippen LogP contribution in [0.5, 0.6) is 5.75 Å². The van der Waals surface area contributed by atoms with Crippen LogP contribution >= 0.6 is 11.5 Å². The number of hydrogen-bond acceptors (Lipinski definition) is 5. The maximum atomic E-state index is 5.89. The summed E-state index contributed by atoms with van der Waals surface area (Å²) in [5.41, 5.74) is 2.08. The molecule has 0 aliphatic rings. The lowest BCUT2D eigenvalue weighted by atomic mass is 10.0. The van der Waals surface area contributed by atoms with Gasteiger partial charge in [0, 0.05) is 5.56 Å². The summed E-state index contributed by atoms with van der Waals surface area (Å²) >= 11 is 1.43. The van der Waals surface area contributed by atoms with Gasteiger partial charge in [0.1, 0.15) is 5.75 Å². The number of rotatable bonds is 5. The van der Waals surface area contributed by atoms with Gasteiger partial charge in [0.2, 0.25) is 0 Å². The molecule has 1 aromatic carbocycles. The lowest BCUT2D eigenvalue weighted by Crippen LogP contribution is -2.19. The summed E-state index contributed by atoms with van der Waals surface area (Å²) in [6, 6.07) is 8.17. The molecule has 1 unspecified atom stereocenters. The van der Waals surface area contributed by atoms with Gasteiger partial charge in [-0.05, 0) is 45.4 Å². The number of para-hydroxylation sites is 1. The molecule has 0 aliphatic heterocycles. The van der Waals surface area contributed by atoms with E-state index >= 15 is 0 Å². The van der Waals surface area contributed by atoms with Crippen LogP contribution in [-0.2, 0) is 0 Å². The molecule has 0 radical (unpaired) electrons. The minimum atomic E-state index is 0.0648. The topological polar surface area (TPSA) is 47.0 Å².